The summed E-state index contributed by atoms with van der Waals surface area (Å²) < 4.78 is 0. The highest BCUT2D eigenvalue weighted by Gasteiger charge is 2.23. The summed E-state index contributed by atoms with van der Waals surface area (Å²) in [5.41, 5.74) is 2.42. The summed E-state index contributed by atoms with van der Waals surface area (Å²) in [5, 5.41) is 0. The van der Waals surface area contributed by atoms with Gasteiger partial charge in [0.2, 0.25) is 5.91 Å². The van der Waals surface area contributed by atoms with Gasteiger partial charge < -0.3 is 4.90 Å². The molecule has 0 radical (unpaired) electrons. The Kier molecular flexibility index (Phi) is 6.24. The van der Waals surface area contributed by atoms with Crippen LogP contribution in [0.1, 0.15) is 25.3 Å². The second-order valence-corrected chi connectivity index (χ2v) is 6.88. The third kappa shape index (κ3) is 4.93. The van der Waals surface area contributed by atoms with Gasteiger partial charge >= 0.3 is 0 Å². The van der Waals surface area contributed by atoms with Gasteiger partial charge in [0.05, 0.1) is 6.54 Å². The number of carbonyl (C=O) groups excluding carboxylic acids is 1. The first-order valence-corrected chi connectivity index (χ1v) is 9.38. The van der Waals surface area contributed by atoms with Crippen LogP contribution in [0.4, 0.5) is 5.69 Å². The van der Waals surface area contributed by atoms with Crippen LogP contribution in [0.25, 0.3) is 0 Å². The summed E-state index contributed by atoms with van der Waals surface area (Å²) in [4.78, 5) is 16.9. The molecule has 0 atom stereocenters. The van der Waals surface area contributed by atoms with Crippen molar-refractivity contribution in [2.75, 3.05) is 31.1 Å². The summed E-state index contributed by atoms with van der Waals surface area (Å²) in [6.07, 6.45) is 3.52. The molecule has 1 aliphatic heterocycles. The molecule has 1 amide bonds. The van der Waals surface area contributed by atoms with Crippen LogP contribution in [-0.4, -0.2) is 37.0 Å². The summed E-state index contributed by atoms with van der Waals surface area (Å²) in [5.74, 6) is 0.945. The first kappa shape index (κ1) is 17.7. The molecule has 0 spiro atoms. The van der Waals surface area contributed by atoms with E-state index in [1.54, 1.807) is 0 Å². The van der Waals surface area contributed by atoms with Gasteiger partial charge in [0.25, 0.3) is 0 Å². The average molecular weight is 336 g/mol. The number of anilines is 1. The van der Waals surface area contributed by atoms with Gasteiger partial charge in [0.15, 0.2) is 0 Å². The third-order valence-corrected chi connectivity index (χ3v) is 5.12. The van der Waals surface area contributed by atoms with Crippen molar-refractivity contribution >= 4 is 11.6 Å². The number of benzene rings is 2. The molecule has 1 fully saturated rings. The molecule has 1 heterocycles. The summed E-state index contributed by atoms with van der Waals surface area (Å²) in [6, 6.07) is 20.7. The van der Waals surface area contributed by atoms with E-state index in [1.807, 2.05) is 42.2 Å². The van der Waals surface area contributed by atoms with Crippen LogP contribution in [-0.2, 0) is 11.2 Å². The molecule has 0 bridgehead atoms. The van der Waals surface area contributed by atoms with E-state index < -0.39 is 0 Å². The molecule has 0 unspecified atom stereocenters. The van der Waals surface area contributed by atoms with Crippen molar-refractivity contribution in [3.05, 3.63) is 66.2 Å². The molecule has 1 saturated heterocycles. The Morgan fingerprint density at radius 1 is 1.00 bits per heavy atom. The van der Waals surface area contributed by atoms with E-state index in [2.05, 4.69) is 35.2 Å². The van der Waals surface area contributed by atoms with Crippen molar-refractivity contribution in [1.29, 1.82) is 0 Å². The Morgan fingerprint density at radius 3 is 2.20 bits per heavy atom. The number of carbonyl (C=O) groups is 1. The molecule has 2 aromatic rings. The predicted octanol–water partition coefficient (Wildman–Crippen LogP) is 3.99. The number of para-hydroxylation sites is 1. The van der Waals surface area contributed by atoms with E-state index in [1.165, 1.54) is 18.4 Å². The number of hydrogen-bond acceptors (Lipinski definition) is 2. The molecule has 3 heteroatoms. The third-order valence-electron chi connectivity index (χ3n) is 5.12. The number of likely N-dealkylation sites (N-methyl/N-ethyl adjacent to an activating group) is 1. The van der Waals surface area contributed by atoms with Crippen LogP contribution in [0.15, 0.2) is 60.7 Å². The van der Waals surface area contributed by atoms with Gasteiger partial charge in [0, 0.05) is 12.2 Å². The number of likely N-dealkylation sites (tertiary alicyclic amines) is 1. The topological polar surface area (TPSA) is 23.6 Å². The van der Waals surface area contributed by atoms with Gasteiger partial charge in [-0.3, -0.25) is 9.69 Å². The number of rotatable bonds is 6. The highest BCUT2D eigenvalue weighted by atomic mass is 16.2. The molecule has 3 nitrogen and oxygen atoms in total. The fraction of sp³-hybridized carbons (Fsp3) is 0.409. The van der Waals surface area contributed by atoms with E-state index in [9.17, 15) is 4.79 Å². The standard InChI is InChI=1S/C22H28N2O/c1-2-24(21-11-7-4-8-12-21)22(25)18-23-15-13-20(14-16-23)17-19-9-5-3-6-10-19/h3-12,20H,2,13-18H2,1H3. The number of nitrogens with zero attached hydrogens (tertiary/aromatic N) is 2. The number of hydrogen-bond donors (Lipinski definition) is 0. The first-order valence-electron chi connectivity index (χ1n) is 9.38. The Hall–Kier alpha value is -2.13. The maximum absolute atomic E-state index is 12.7. The molecular formula is C22H28N2O. The zero-order chi connectivity index (χ0) is 17.5. The zero-order valence-electron chi connectivity index (χ0n) is 15.1. The molecule has 0 N–H and O–H groups in total. The second kappa shape index (κ2) is 8.82. The van der Waals surface area contributed by atoms with Gasteiger partial charge in [-0.1, -0.05) is 48.5 Å². The van der Waals surface area contributed by atoms with Crippen LogP contribution in [0.3, 0.4) is 0 Å². The number of piperidine rings is 1. The minimum Gasteiger partial charge on any atom is -0.312 e. The van der Waals surface area contributed by atoms with Crippen LogP contribution < -0.4 is 4.90 Å². The highest BCUT2D eigenvalue weighted by molar-refractivity contribution is 5.94. The molecule has 1 aliphatic rings. The lowest BCUT2D eigenvalue weighted by atomic mass is 9.90. The molecule has 0 aromatic heterocycles. The smallest absolute Gasteiger partial charge is 0.241 e. The summed E-state index contributed by atoms with van der Waals surface area (Å²) in [7, 11) is 0. The van der Waals surface area contributed by atoms with Gasteiger partial charge in [0.1, 0.15) is 0 Å². The highest BCUT2D eigenvalue weighted by Crippen LogP contribution is 2.22. The fourth-order valence-corrected chi connectivity index (χ4v) is 3.68. The fourth-order valence-electron chi connectivity index (χ4n) is 3.68. The van der Waals surface area contributed by atoms with E-state index in [4.69, 9.17) is 0 Å². The van der Waals surface area contributed by atoms with Crippen molar-refractivity contribution in [3.8, 4) is 0 Å². The van der Waals surface area contributed by atoms with Crippen molar-refractivity contribution in [2.45, 2.75) is 26.2 Å². The van der Waals surface area contributed by atoms with Gasteiger partial charge in [-0.25, -0.2) is 0 Å². The lowest BCUT2D eigenvalue weighted by Crippen LogP contribution is -2.43. The van der Waals surface area contributed by atoms with Crippen LogP contribution >= 0.6 is 0 Å². The van der Waals surface area contributed by atoms with Crippen molar-refractivity contribution in [2.24, 2.45) is 5.92 Å². The average Bonchev–Trinajstić information content (AvgIpc) is 2.66. The molecule has 0 saturated carbocycles. The normalized spacial score (nSPS) is 15.9. The second-order valence-electron chi connectivity index (χ2n) is 6.88. The molecule has 25 heavy (non-hydrogen) atoms. The van der Waals surface area contributed by atoms with Gasteiger partial charge in [-0.05, 0) is 62.9 Å². The van der Waals surface area contributed by atoms with Gasteiger partial charge in [-0.15, -0.1) is 0 Å². The summed E-state index contributed by atoms with van der Waals surface area (Å²) in [6.45, 7) is 5.33. The first-order chi connectivity index (χ1) is 12.3. The quantitative estimate of drug-likeness (QED) is 0.796. The van der Waals surface area contributed by atoms with E-state index in [0.29, 0.717) is 13.1 Å². The van der Waals surface area contributed by atoms with Crippen molar-refractivity contribution in [3.63, 3.8) is 0 Å². The van der Waals surface area contributed by atoms with E-state index in [0.717, 1.165) is 31.1 Å². The largest absolute Gasteiger partial charge is 0.312 e. The minimum absolute atomic E-state index is 0.204. The molecule has 0 aliphatic carbocycles. The monoisotopic (exact) mass is 336 g/mol. The number of amides is 1. The maximum Gasteiger partial charge on any atom is 0.241 e. The lowest BCUT2D eigenvalue weighted by Gasteiger charge is -2.33. The summed E-state index contributed by atoms with van der Waals surface area (Å²) >= 11 is 0. The van der Waals surface area contributed by atoms with Crippen molar-refractivity contribution in [1.82, 2.24) is 4.90 Å². The maximum atomic E-state index is 12.7. The lowest BCUT2D eigenvalue weighted by molar-refractivity contribution is -0.120. The van der Waals surface area contributed by atoms with Gasteiger partial charge in [-0.2, -0.15) is 0 Å². The molecule has 132 valence electrons. The van der Waals surface area contributed by atoms with Crippen LogP contribution in [0, 0.1) is 5.92 Å². The molecule has 3 rings (SSSR count). The Balaban J connectivity index is 1.49. The predicted molar refractivity (Wildman–Crippen MR) is 104 cm³/mol. The van der Waals surface area contributed by atoms with Crippen molar-refractivity contribution < 1.29 is 4.79 Å². The molecule has 2 aromatic carbocycles. The Labute approximate surface area is 151 Å². The SMILES string of the molecule is CCN(C(=O)CN1CCC(Cc2ccccc2)CC1)c1ccccc1. The van der Waals surface area contributed by atoms with E-state index >= 15 is 0 Å². The van der Waals surface area contributed by atoms with Crippen LogP contribution in [0.5, 0.6) is 0 Å². The Bertz CT molecular complexity index is 648. The zero-order valence-corrected chi connectivity index (χ0v) is 15.1. The van der Waals surface area contributed by atoms with E-state index in [-0.39, 0.29) is 5.91 Å². The Morgan fingerprint density at radius 2 is 1.60 bits per heavy atom. The molecular weight excluding hydrogens is 308 g/mol. The van der Waals surface area contributed by atoms with Crippen LogP contribution in [0.2, 0.25) is 0 Å². The minimum atomic E-state index is 0.204.